The van der Waals surface area contributed by atoms with E-state index in [0.717, 1.165) is 30.3 Å². The van der Waals surface area contributed by atoms with E-state index in [2.05, 4.69) is 10.3 Å². The van der Waals surface area contributed by atoms with Crippen LogP contribution >= 0.6 is 11.8 Å². The third-order valence-electron chi connectivity index (χ3n) is 2.44. The van der Waals surface area contributed by atoms with Crippen LogP contribution in [0.2, 0.25) is 0 Å². The summed E-state index contributed by atoms with van der Waals surface area (Å²) >= 11 is 1.12. The molecule has 0 bridgehead atoms. The zero-order chi connectivity index (χ0) is 13.1. The number of carbonyl (C=O) groups excluding carboxylic acids is 1. The maximum absolute atomic E-state index is 11.7. The fraction of sp³-hybridized carbons (Fsp3) is 0.545. The Balaban J connectivity index is 1.96. The minimum absolute atomic E-state index is 0.0490. The van der Waals surface area contributed by atoms with Gasteiger partial charge in [-0.05, 0) is 19.8 Å². The van der Waals surface area contributed by atoms with Crippen molar-refractivity contribution in [3.05, 3.63) is 11.9 Å². The van der Waals surface area contributed by atoms with E-state index < -0.39 is 5.97 Å². The predicted octanol–water partition coefficient (Wildman–Crippen LogP) is 0.647. The number of aliphatic carboxylic acids is 1. The van der Waals surface area contributed by atoms with Crippen LogP contribution < -0.4 is 5.32 Å². The van der Waals surface area contributed by atoms with Crippen LogP contribution in [-0.4, -0.2) is 38.3 Å². The first-order valence-electron chi connectivity index (χ1n) is 5.72. The molecule has 0 atom stereocenters. The standard InChI is InChI=1S/C11H15N3O3S/c1-7-4-14(5-9(15)13-8-2-3-8)11(12-7)18-6-10(16)17/h4,8H,2-3,5-6H2,1H3,(H,13,15)(H,16,17). The molecule has 2 N–H and O–H groups in total. The second-order valence-electron chi connectivity index (χ2n) is 4.32. The number of amides is 1. The van der Waals surface area contributed by atoms with E-state index in [1.54, 1.807) is 10.8 Å². The second kappa shape index (κ2) is 5.43. The number of hydrogen-bond donors (Lipinski definition) is 2. The molecule has 1 aliphatic carbocycles. The average molecular weight is 269 g/mol. The lowest BCUT2D eigenvalue weighted by atomic mass is 10.5. The number of carbonyl (C=O) groups is 2. The molecule has 2 rings (SSSR count). The monoisotopic (exact) mass is 269 g/mol. The third kappa shape index (κ3) is 3.76. The summed E-state index contributed by atoms with van der Waals surface area (Å²) in [7, 11) is 0. The van der Waals surface area contributed by atoms with Gasteiger partial charge in [0.1, 0.15) is 6.54 Å². The van der Waals surface area contributed by atoms with Gasteiger partial charge in [-0.15, -0.1) is 0 Å². The molecule has 6 nitrogen and oxygen atoms in total. The zero-order valence-electron chi connectivity index (χ0n) is 10.0. The Morgan fingerprint density at radius 2 is 2.33 bits per heavy atom. The molecule has 1 heterocycles. The highest BCUT2D eigenvalue weighted by Crippen LogP contribution is 2.20. The Morgan fingerprint density at radius 3 is 2.94 bits per heavy atom. The molecular formula is C11H15N3O3S. The lowest BCUT2D eigenvalue weighted by Crippen LogP contribution is -2.29. The van der Waals surface area contributed by atoms with Crippen molar-refractivity contribution in [2.75, 3.05) is 5.75 Å². The van der Waals surface area contributed by atoms with Crippen LogP contribution in [0.1, 0.15) is 18.5 Å². The van der Waals surface area contributed by atoms with Gasteiger partial charge in [0.15, 0.2) is 5.16 Å². The highest BCUT2D eigenvalue weighted by molar-refractivity contribution is 7.99. The molecule has 1 aromatic heterocycles. The van der Waals surface area contributed by atoms with Gasteiger partial charge in [0.05, 0.1) is 11.4 Å². The maximum Gasteiger partial charge on any atom is 0.313 e. The molecule has 0 aliphatic heterocycles. The van der Waals surface area contributed by atoms with Gasteiger partial charge in [0.25, 0.3) is 0 Å². The van der Waals surface area contributed by atoms with Crippen LogP contribution in [-0.2, 0) is 16.1 Å². The average Bonchev–Trinajstić information content (AvgIpc) is 3.00. The lowest BCUT2D eigenvalue weighted by Gasteiger charge is -2.06. The van der Waals surface area contributed by atoms with Gasteiger partial charge in [-0.1, -0.05) is 11.8 Å². The van der Waals surface area contributed by atoms with Crippen LogP contribution in [0, 0.1) is 6.92 Å². The molecule has 18 heavy (non-hydrogen) atoms. The van der Waals surface area contributed by atoms with Gasteiger partial charge in [-0.25, -0.2) is 4.98 Å². The van der Waals surface area contributed by atoms with E-state index in [0.29, 0.717) is 11.2 Å². The molecule has 7 heteroatoms. The number of aryl methyl sites for hydroxylation is 1. The minimum Gasteiger partial charge on any atom is -0.481 e. The van der Waals surface area contributed by atoms with Crippen molar-refractivity contribution in [1.29, 1.82) is 0 Å². The van der Waals surface area contributed by atoms with Crippen LogP contribution in [0.15, 0.2) is 11.4 Å². The molecule has 1 aliphatic rings. The number of aromatic nitrogens is 2. The first-order chi connectivity index (χ1) is 8.54. The van der Waals surface area contributed by atoms with Crippen molar-refractivity contribution in [3.8, 4) is 0 Å². The molecule has 1 amide bonds. The summed E-state index contributed by atoms with van der Waals surface area (Å²) in [5.41, 5.74) is 0.780. The SMILES string of the molecule is Cc1cn(CC(=O)NC2CC2)c(SCC(=O)O)n1. The van der Waals surface area contributed by atoms with E-state index >= 15 is 0 Å². The quantitative estimate of drug-likeness (QED) is 0.741. The Kier molecular flexibility index (Phi) is 3.90. The summed E-state index contributed by atoms with van der Waals surface area (Å²) in [6.45, 7) is 2.01. The Morgan fingerprint density at radius 1 is 1.61 bits per heavy atom. The minimum atomic E-state index is -0.894. The van der Waals surface area contributed by atoms with E-state index in [4.69, 9.17) is 5.11 Å². The fourth-order valence-electron chi connectivity index (χ4n) is 1.54. The number of nitrogens with zero attached hydrogens (tertiary/aromatic N) is 2. The molecule has 0 spiro atoms. The topological polar surface area (TPSA) is 84.2 Å². The molecule has 0 unspecified atom stereocenters. The summed E-state index contributed by atoms with van der Waals surface area (Å²) in [6, 6.07) is 0.331. The van der Waals surface area contributed by atoms with E-state index in [-0.39, 0.29) is 18.2 Å². The van der Waals surface area contributed by atoms with Crippen molar-refractivity contribution in [2.24, 2.45) is 0 Å². The number of nitrogens with one attached hydrogen (secondary N) is 1. The van der Waals surface area contributed by atoms with Crippen molar-refractivity contribution in [2.45, 2.75) is 37.5 Å². The number of carboxylic acids is 1. The number of hydrogen-bond acceptors (Lipinski definition) is 4. The van der Waals surface area contributed by atoms with Gasteiger partial charge in [0.2, 0.25) is 5.91 Å². The molecule has 0 saturated heterocycles. The lowest BCUT2D eigenvalue weighted by molar-refractivity contribution is -0.133. The van der Waals surface area contributed by atoms with E-state index in [9.17, 15) is 9.59 Å². The largest absolute Gasteiger partial charge is 0.481 e. The van der Waals surface area contributed by atoms with Gasteiger partial charge >= 0.3 is 5.97 Å². The van der Waals surface area contributed by atoms with Gasteiger partial charge in [0, 0.05) is 12.2 Å². The summed E-state index contributed by atoms with van der Waals surface area (Å²) in [5, 5.41) is 12.1. The molecule has 1 aromatic rings. The summed E-state index contributed by atoms with van der Waals surface area (Å²) in [6.07, 6.45) is 3.86. The molecule has 1 saturated carbocycles. The van der Waals surface area contributed by atoms with E-state index in [1.807, 2.05) is 6.92 Å². The van der Waals surface area contributed by atoms with Crippen molar-refractivity contribution in [3.63, 3.8) is 0 Å². The van der Waals surface area contributed by atoms with Crippen molar-refractivity contribution >= 4 is 23.6 Å². The molecule has 1 fully saturated rings. The van der Waals surface area contributed by atoms with Crippen LogP contribution in [0.5, 0.6) is 0 Å². The molecule has 0 aromatic carbocycles. The van der Waals surface area contributed by atoms with Crippen LogP contribution in [0.4, 0.5) is 0 Å². The Hall–Kier alpha value is -1.50. The van der Waals surface area contributed by atoms with Crippen molar-refractivity contribution in [1.82, 2.24) is 14.9 Å². The number of imidazole rings is 1. The Labute approximate surface area is 109 Å². The van der Waals surface area contributed by atoms with Crippen LogP contribution in [0.3, 0.4) is 0 Å². The summed E-state index contributed by atoms with van der Waals surface area (Å²) in [5.74, 6) is -0.998. The number of carboxylic acid groups (broad SMARTS) is 1. The smallest absolute Gasteiger partial charge is 0.313 e. The molecule has 0 radical (unpaired) electrons. The predicted molar refractivity (Wildman–Crippen MR) is 66.5 cm³/mol. The van der Waals surface area contributed by atoms with E-state index in [1.165, 1.54) is 0 Å². The van der Waals surface area contributed by atoms with Gasteiger partial charge in [-0.3, -0.25) is 9.59 Å². The van der Waals surface area contributed by atoms with Gasteiger partial charge in [-0.2, -0.15) is 0 Å². The highest BCUT2D eigenvalue weighted by Gasteiger charge is 2.23. The fourth-order valence-corrected chi connectivity index (χ4v) is 2.28. The summed E-state index contributed by atoms with van der Waals surface area (Å²) < 4.78 is 1.70. The highest BCUT2D eigenvalue weighted by atomic mass is 32.2. The number of rotatable bonds is 6. The molecule has 98 valence electrons. The van der Waals surface area contributed by atoms with Crippen molar-refractivity contribution < 1.29 is 14.7 Å². The molecular weight excluding hydrogens is 254 g/mol. The normalized spacial score (nSPS) is 14.5. The maximum atomic E-state index is 11.7. The van der Waals surface area contributed by atoms with Crippen LogP contribution in [0.25, 0.3) is 0 Å². The zero-order valence-corrected chi connectivity index (χ0v) is 10.9. The second-order valence-corrected chi connectivity index (χ2v) is 5.26. The Bertz CT molecular complexity index is 468. The summed E-state index contributed by atoms with van der Waals surface area (Å²) in [4.78, 5) is 26.4. The third-order valence-corrected chi connectivity index (χ3v) is 3.42. The first-order valence-corrected chi connectivity index (χ1v) is 6.71. The van der Waals surface area contributed by atoms with Gasteiger partial charge < -0.3 is 15.0 Å². The first kappa shape index (κ1) is 12.9. The number of thioether (sulfide) groups is 1.